The van der Waals surface area contributed by atoms with Crippen LogP contribution in [0, 0.1) is 0 Å². The van der Waals surface area contributed by atoms with Crippen LogP contribution >= 0.6 is 0 Å². The SMILES string of the molecule is Cn1ncc(B2CCOC(C)(C)C(C)(C)O2)c1CO. The van der Waals surface area contributed by atoms with Crippen molar-refractivity contribution in [2.45, 2.75) is 51.8 Å². The van der Waals surface area contributed by atoms with Gasteiger partial charge in [-0.15, -0.1) is 0 Å². The molecule has 2 heterocycles. The largest absolute Gasteiger partial charge is 0.423 e. The van der Waals surface area contributed by atoms with E-state index in [-0.39, 0.29) is 19.1 Å². The van der Waals surface area contributed by atoms with E-state index in [1.807, 2.05) is 34.7 Å². The third-order valence-electron chi connectivity index (χ3n) is 4.32. The fourth-order valence-electron chi connectivity index (χ4n) is 2.31. The molecule has 1 aromatic heterocycles. The van der Waals surface area contributed by atoms with Gasteiger partial charge in [-0.25, -0.2) is 0 Å². The minimum Gasteiger partial charge on any atom is -0.423 e. The van der Waals surface area contributed by atoms with Gasteiger partial charge in [0.1, 0.15) is 0 Å². The Labute approximate surface area is 115 Å². The molecule has 1 aromatic rings. The van der Waals surface area contributed by atoms with Gasteiger partial charge in [0.25, 0.3) is 0 Å². The number of hydrogen-bond donors (Lipinski definition) is 1. The quantitative estimate of drug-likeness (QED) is 0.801. The second-order valence-electron chi connectivity index (χ2n) is 6.09. The fourth-order valence-corrected chi connectivity index (χ4v) is 2.31. The van der Waals surface area contributed by atoms with Crippen molar-refractivity contribution in [2.75, 3.05) is 6.61 Å². The average Bonchev–Trinajstić information content (AvgIpc) is 2.63. The average molecular weight is 266 g/mol. The summed E-state index contributed by atoms with van der Waals surface area (Å²) in [6.45, 7) is 8.70. The molecule has 0 aromatic carbocycles. The molecular weight excluding hydrogens is 243 g/mol. The maximum absolute atomic E-state index is 9.47. The normalized spacial score (nSPS) is 22.3. The molecule has 5 nitrogen and oxygen atoms in total. The van der Waals surface area contributed by atoms with Gasteiger partial charge < -0.3 is 14.5 Å². The molecule has 0 saturated carbocycles. The van der Waals surface area contributed by atoms with E-state index in [4.69, 9.17) is 9.39 Å². The lowest BCUT2D eigenvalue weighted by atomic mass is 9.57. The van der Waals surface area contributed by atoms with Crippen LogP contribution in [0.15, 0.2) is 6.20 Å². The van der Waals surface area contributed by atoms with Crippen LogP contribution in [0.2, 0.25) is 6.32 Å². The summed E-state index contributed by atoms with van der Waals surface area (Å²) in [5.41, 5.74) is 1.01. The van der Waals surface area contributed by atoms with Gasteiger partial charge in [0.2, 0.25) is 0 Å². The molecule has 1 aliphatic rings. The predicted octanol–water partition coefficient (Wildman–Crippen LogP) is 0.715. The first-order valence-corrected chi connectivity index (χ1v) is 6.72. The molecule has 0 unspecified atom stereocenters. The zero-order chi connectivity index (χ0) is 14.3. The Morgan fingerprint density at radius 2 is 2.05 bits per heavy atom. The van der Waals surface area contributed by atoms with E-state index in [0.29, 0.717) is 6.61 Å². The molecule has 0 aliphatic carbocycles. The second-order valence-corrected chi connectivity index (χ2v) is 6.09. The van der Waals surface area contributed by atoms with Crippen LogP contribution in [0.4, 0.5) is 0 Å². The van der Waals surface area contributed by atoms with E-state index in [0.717, 1.165) is 17.5 Å². The van der Waals surface area contributed by atoms with E-state index < -0.39 is 5.60 Å². The number of aryl methyl sites for hydroxylation is 1. The van der Waals surface area contributed by atoms with Gasteiger partial charge in [-0.1, -0.05) is 0 Å². The summed E-state index contributed by atoms with van der Waals surface area (Å²) in [5, 5.41) is 13.7. The Morgan fingerprint density at radius 3 is 2.68 bits per heavy atom. The number of rotatable bonds is 2. The maximum Gasteiger partial charge on any atom is 0.333 e. The van der Waals surface area contributed by atoms with Crippen LogP contribution in [0.25, 0.3) is 0 Å². The number of aliphatic hydroxyl groups excluding tert-OH is 1. The molecule has 106 valence electrons. The molecule has 1 N–H and O–H groups in total. The Kier molecular flexibility index (Phi) is 3.77. The molecule has 1 aliphatic heterocycles. The maximum atomic E-state index is 9.47. The minimum atomic E-state index is -0.406. The summed E-state index contributed by atoms with van der Waals surface area (Å²) in [5.74, 6) is 0. The third kappa shape index (κ3) is 2.57. The van der Waals surface area contributed by atoms with Gasteiger partial charge in [-0.3, -0.25) is 4.68 Å². The Bertz CT molecular complexity index is 457. The molecule has 0 atom stereocenters. The molecule has 0 radical (unpaired) electrons. The van der Waals surface area contributed by atoms with Crippen LogP contribution in [0.1, 0.15) is 33.4 Å². The number of ether oxygens (including phenoxy) is 1. The highest BCUT2D eigenvalue weighted by Gasteiger charge is 2.45. The topological polar surface area (TPSA) is 56.5 Å². The van der Waals surface area contributed by atoms with Crippen molar-refractivity contribution in [3.8, 4) is 0 Å². The zero-order valence-electron chi connectivity index (χ0n) is 12.4. The number of nitrogens with zero attached hydrogens (tertiary/aromatic N) is 2. The van der Waals surface area contributed by atoms with Crippen molar-refractivity contribution in [3.05, 3.63) is 11.9 Å². The van der Waals surface area contributed by atoms with Crippen molar-refractivity contribution in [1.82, 2.24) is 9.78 Å². The minimum absolute atomic E-state index is 0.0314. The lowest BCUT2D eigenvalue weighted by molar-refractivity contribution is -0.120. The Morgan fingerprint density at radius 1 is 1.37 bits per heavy atom. The predicted molar refractivity (Wildman–Crippen MR) is 74.5 cm³/mol. The monoisotopic (exact) mass is 266 g/mol. The van der Waals surface area contributed by atoms with Gasteiger partial charge in [-0.2, -0.15) is 5.10 Å². The summed E-state index contributed by atoms with van der Waals surface area (Å²) in [6, 6.07) is 0. The molecule has 0 bridgehead atoms. The molecular formula is C13H23BN2O3. The second kappa shape index (κ2) is 4.92. The van der Waals surface area contributed by atoms with Gasteiger partial charge >= 0.3 is 6.92 Å². The lowest BCUT2D eigenvalue weighted by Crippen LogP contribution is -2.51. The van der Waals surface area contributed by atoms with Crippen LogP contribution in [-0.4, -0.2) is 39.6 Å². The van der Waals surface area contributed by atoms with Crippen molar-refractivity contribution >= 4 is 12.4 Å². The van der Waals surface area contributed by atoms with E-state index in [1.165, 1.54) is 0 Å². The van der Waals surface area contributed by atoms with Crippen molar-refractivity contribution in [1.29, 1.82) is 0 Å². The highest BCUT2D eigenvalue weighted by Crippen LogP contribution is 2.33. The van der Waals surface area contributed by atoms with E-state index in [9.17, 15) is 5.11 Å². The summed E-state index contributed by atoms with van der Waals surface area (Å²) in [6.07, 6.45) is 2.55. The summed E-state index contributed by atoms with van der Waals surface area (Å²) < 4.78 is 13.9. The highest BCUT2D eigenvalue weighted by molar-refractivity contribution is 6.68. The summed E-state index contributed by atoms with van der Waals surface area (Å²) >= 11 is 0. The van der Waals surface area contributed by atoms with Crippen LogP contribution < -0.4 is 5.46 Å². The fraction of sp³-hybridized carbons (Fsp3) is 0.769. The standard InChI is InChI=1S/C13H23BN2O3/c1-12(2)13(3,4)19-14(6-7-18-12)10-8-15-16(5)11(10)9-17/h8,17H,6-7,9H2,1-5H3. The molecule has 6 heteroatoms. The van der Waals surface area contributed by atoms with E-state index in [2.05, 4.69) is 5.10 Å². The van der Waals surface area contributed by atoms with Crippen molar-refractivity contribution in [3.63, 3.8) is 0 Å². The number of hydrogen-bond acceptors (Lipinski definition) is 4. The third-order valence-corrected chi connectivity index (χ3v) is 4.32. The molecule has 1 fully saturated rings. The van der Waals surface area contributed by atoms with Gasteiger partial charge in [0.05, 0.1) is 23.5 Å². The zero-order valence-corrected chi connectivity index (χ0v) is 12.4. The lowest BCUT2D eigenvalue weighted by Gasteiger charge is -2.40. The van der Waals surface area contributed by atoms with Crippen molar-refractivity contribution < 1.29 is 14.5 Å². The van der Waals surface area contributed by atoms with Crippen LogP contribution in [0.5, 0.6) is 0 Å². The van der Waals surface area contributed by atoms with E-state index >= 15 is 0 Å². The molecule has 0 amide bonds. The molecule has 19 heavy (non-hydrogen) atoms. The summed E-state index contributed by atoms with van der Waals surface area (Å²) in [4.78, 5) is 0. The number of aromatic nitrogens is 2. The summed E-state index contributed by atoms with van der Waals surface area (Å²) in [7, 11) is 1.83. The van der Waals surface area contributed by atoms with Gasteiger partial charge in [-0.05, 0) is 39.5 Å². The van der Waals surface area contributed by atoms with Gasteiger partial charge in [0, 0.05) is 19.9 Å². The van der Waals surface area contributed by atoms with E-state index in [1.54, 1.807) is 10.9 Å². The number of aliphatic hydroxyl groups is 1. The molecule has 1 saturated heterocycles. The molecule has 0 spiro atoms. The molecule has 2 rings (SSSR count). The van der Waals surface area contributed by atoms with Crippen molar-refractivity contribution in [2.24, 2.45) is 7.05 Å². The smallest absolute Gasteiger partial charge is 0.333 e. The Hall–Kier alpha value is -0.845. The Balaban J connectivity index is 2.31. The van der Waals surface area contributed by atoms with Crippen LogP contribution in [0.3, 0.4) is 0 Å². The first kappa shape index (κ1) is 14.6. The van der Waals surface area contributed by atoms with Gasteiger partial charge in [0.15, 0.2) is 0 Å². The first-order chi connectivity index (χ1) is 8.78. The van der Waals surface area contributed by atoms with Crippen LogP contribution in [-0.2, 0) is 23.0 Å². The highest BCUT2D eigenvalue weighted by atomic mass is 16.5. The first-order valence-electron chi connectivity index (χ1n) is 6.72.